The fraction of sp³-hybridized carbons (Fsp3) is 0.333. The van der Waals surface area contributed by atoms with Gasteiger partial charge in [0.05, 0.1) is 0 Å². The van der Waals surface area contributed by atoms with Crippen molar-refractivity contribution in [2.24, 2.45) is 0 Å². The molecule has 0 bridgehead atoms. The highest BCUT2D eigenvalue weighted by atomic mass is 16.2. The maximum atomic E-state index is 12.6. The first-order valence-electron chi connectivity index (χ1n) is 9.33. The van der Waals surface area contributed by atoms with Crippen LogP contribution in [0.2, 0.25) is 0 Å². The smallest absolute Gasteiger partial charge is 0.246 e. The zero-order chi connectivity index (χ0) is 18.8. The molecule has 1 amide bonds. The Labute approximate surface area is 158 Å². The topological polar surface area (TPSA) is 63.9 Å². The van der Waals surface area contributed by atoms with E-state index < -0.39 is 0 Å². The lowest BCUT2D eigenvalue weighted by Crippen LogP contribution is -2.38. The molecule has 1 aliphatic rings. The summed E-state index contributed by atoms with van der Waals surface area (Å²) < 4.78 is 0. The predicted octanol–water partition coefficient (Wildman–Crippen LogP) is 3.05. The third-order valence-electron chi connectivity index (χ3n) is 5.05. The number of carbonyl (C=O) groups excluding carboxylic acids is 1. The zero-order valence-electron chi connectivity index (χ0n) is 15.7. The second kappa shape index (κ2) is 7.31. The fourth-order valence-electron chi connectivity index (χ4n) is 3.37. The van der Waals surface area contributed by atoms with Crippen LogP contribution in [-0.4, -0.2) is 37.6 Å². The molecule has 0 atom stereocenters. The Morgan fingerprint density at radius 3 is 2.56 bits per heavy atom. The Bertz CT molecular complexity index is 945. The van der Waals surface area contributed by atoms with Gasteiger partial charge >= 0.3 is 0 Å². The summed E-state index contributed by atoms with van der Waals surface area (Å²) in [6, 6.07) is 16.4. The Kier molecular flexibility index (Phi) is 4.71. The number of aromatic nitrogens is 4. The van der Waals surface area contributed by atoms with Crippen molar-refractivity contribution in [1.82, 2.24) is 25.1 Å². The molecule has 0 fully saturated rings. The number of rotatable bonds is 4. The number of hydrogen-bond acceptors (Lipinski definition) is 4. The van der Waals surface area contributed by atoms with Crippen LogP contribution in [0.25, 0.3) is 11.4 Å². The molecule has 4 rings (SSSR count). The van der Waals surface area contributed by atoms with E-state index in [0.717, 1.165) is 18.5 Å². The highest BCUT2D eigenvalue weighted by Gasteiger charge is 2.21. The molecule has 0 saturated carbocycles. The van der Waals surface area contributed by atoms with Gasteiger partial charge in [-0.2, -0.15) is 4.80 Å². The first kappa shape index (κ1) is 17.4. The maximum absolute atomic E-state index is 12.6. The lowest BCUT2D eigenvalue weighted by Gasteiger charge is -2.28. The van der Waals surface area contributed by atoms with Crippen molar-refractivity contribution in [2.75, 3.05) is 6.54 Å². The van der Waals surface area contributed by atoms with Crippen LogP contribution in [-0.2, 0) is 24.3 Å². The fourth-order valence-corrected chi connectivity index (χ4v) is 3.37. The summed E-state index contributed by atoms with van der Waals surface area (Å²) in [6.07, 6.45) is 0.889. The highest BCUT2D eigenvalue weighted by Crippen LogP contribution is 2.20. The maximum Gasteiger partial charge on any atom is 0.246 e. The third kappa shape index (κ3) is 3.74. The van der Waals surface area contributed by atoms with E-state index in [4.69, 9.17) is 0 Å². The van der Waals surface area contributed by atoms with Crippen LogP contribution in [0.5, 0.6) is 0 Å². The summed E-state index contributed by atoms with van der Waals surface area (Å²) >= 11 is 0. The number of tetrazole rings is 1. The first-order chi connectivity index (χ1) is 13.1. The normalized spacial score (nSPS) is 13.7. The minimum atomic E-state index is 0.0172. The molecule has 2 heterocycles. The van der Waals surface area contributed by atoms with E-state index in [0.29, 0.717) is 18.3 Å². The Hall–Kier alpha value is -3.02. The zero-order valence-corrected chi connectivity index (χ0v) is 15.7. The van der Waals surface area contributed by atoms with Crippen molar-refractivity contribution in [1.29, 1.82) is 0 Å². The van der Waals surface area contributed by atoms with Crippen LogP contribution in [0.3, 0.4) is 0 Å². The van der Waals surface area contributed by atoms with Gasteiger partial charge in [-0.05, 0) is 34.2 Å². The van der Waals surface area contributed by atoms with E-state index in [2.05, 4.69) is 53.5 Å². The molecule has 6 nitrogen and oxygen atoms in total. The van der Waals surface area contributed by atoms with Crippen molar-refractivity contribution in [3.63, 3.8) is 0 Å². The van der Waals surface area contributed by atoms with Crippen molar-refractivity contribution in [3.8, 4) is 11.4 Å². The Morgan fingerprint density at radius 1 is 1.07 bits per heavy atom. The van der Waals surface area contributed by atoms with Gasteiger partial charge < -0.3 is 4.90 Å². The molecular formula is C21H23N5O. The van der Waals surface area contributed by atoms with Crippen molar-refractivity contribution in [3.05, 3.63) is 65.2 Å². The molecule has 0 N–H and O–H groups in total. The molecule has 0 unspecified atom stereocenters. The number of amides is 1. The molecule has 1 aromatic heterocycles. The van der Waals surface area contributed by atoms with Gasteiger partial charge in [0, 0.05) is 18.7 Å². The van der Waals surface area contributed by atoms with E-state index in [1.54, 1.807) is 0 Å². The van der Waals surface area contributed by atoms with E-state index in [9.17, 15) is 4.79 Å². The van der Waals surface area contributed by atoms with Crippen LogP contribution in [0, 0.1) is 0 Å². The Morgan fingerprint density at radius 2 is 1.81 bits per heavy atom. The van der Waals surface area contributed by atoms with Crippen LogP contribution in [0.1, 0.15) is 36.5 Å². The van der Waals surface area contributed by atoms with Crippen molar-refractivity contribution < 1.29 is 4.79 Å². The van der Waals surface area contributed by atoms with Crippen LogP contribution in [0.4, 0.5) is 0 Å². The monoisotopic (exact) mass is 361 g/mol. The summed E-state index contributed by atoms with van der Waals surface area (Å²) in [6.45, 7) is 5.81. The largest absolute Gasteiger partial charge is 0.336 e. The van der Waals surface area contributed by atoms with E-state index in [1.807, 2.05) is 29.2 Å². The lowest BCUT2D eigenvalue weighted by atomic mass is 10.00. The molecule has 138 valence electrons. The lowest BCUT2D eigenvalue weighted by molar-refractivity contribution is -0.133. The number of nitrogens with zero attached hydrogens (tertiary/aromatic N) is 5. The second-order valence-electron chi connectivity index (χ2n) is 7.25. The summed E-state index contributed by atoms with van der Waals surface area (Å²) in [5.74, 6) is 1.04. The van der Waals surface area contributed by atoms with Crippen LogP contribution < -0.4 is 0 Å². The highest BCUT2D eigenvalue weighted by molar-refractivity contribution is 5.76. The SMILES string of the molecule is CC(C)c1ccc(-c2nnn(CC(=O)N3CCc4ccccc4C3)n2)cc1. The van der Waals surface area contributed by atoms with Crippen molar-refractivity contribution in [2.45, 2.75) is 39.3 Å². The van der Waals surface area contributed by atoms with Gasteiger partial charge in [-0.15, -0.1) is 10.2 Å². The molecule has 6 heteroatoms. The molecule has 0 saturated heterocycles. The number of benzene rings is 2. The third-order valence-corrected chi connectivity index (χ3v) is 5.05. The van der Waals surface area contributed by atoms with Crippen LogP contribution in [0.15, 0.2) is 48.5 Å². The van der Waals surface area contributed by atoms with E-state index in [-0.39, 0.29) is 12.5 Å². The minimum absolute atomic E-state index is 0.0172. The molecule has 3 aromatic rings. The first-order valence-corrected chi connectivity index (χ1v) is 9.33. The van der Waals surface area contributed by atoms with Gasteiger partial charge in [0.25, 0.3) is 0 Å². The molecule has 27 heavy (non-hydrogen) atoms. The molecular weight excluding hydrogens is 338 g/mol. The average molecular weight is 361 g/mol. The number of fused-ring (bicyclic) bond motifs is 1. The summed E-state index contributed by atoms with van der Waals surface area (Å²) in [5, 5.41) is 12.5. The van der Waals surface area contributed by atoms with Gasteiger partial charge in [-0.25, -0.2) is 0 Å². The van der Waals surface area contributed by atoms with Gasteiger partial charge in [0.2, 0.25) is 11.7 Å². The molecule has 0 aliphatic carbocycles. The average Bonchev–Trinajstić information content (AvgIpc) is 3.16. The quantitative estimate of drug-likeness (QED) is 0.716. The van der Waals surface area contributed by atoms with Gasteiger partial charge in [0.15, 0.2) is 0 Å². The molecule has 1 aliphatic heterocycles. The number of carbonyl (C=O) groups is 1. The van der Waals surface area contributed by atoms with E-state index >= 15 is 0 Å². The van der Waals surface area contributed by atoms with Crippen LogP contribution >= 0.6 is 0 Å². The van der Waals surface area contributed by atoms with Crippen molar-refractivity contribution >= 4 is 5.91 Å². The van der Waals surface area contributed by atoms with Gasteiger partial charge in [0.1, 0.15) is 6.54 Å². The predicted molar refractivity (Wildman–Crippen MR) is 103 cm³/mol. The molecule has 2 aromatic carbocycles. The minimum Gasteiger partial charge on any atom is -0.336 e. The summed E-state index contributed by atoms with van der Waals surface area (Å²) in [4.78, 5) is 15.9. The summed E-state index contributed by atoms with van der Waals surface area (Å²) in [5.41, 5.74) is 4.72. The second-order valence-corrected chi connectivity index (χ2v) is 7.25. The summed E-state index contributed by atoms with van der Waals surface area (Å²) in [7, 11) is 0. The Balaban J connectivity index is 1.43. The standard InChI is InChI=1S/C21H23N5O/c1-15(2)16-7-9-18(10-8-16)21-22-24-26(23-21)14-20(27)25-12-11-17-5-3-4-6-19(17)13-25/h3-10,15H,11-14H2,1-2H3. The molecule has 0 radical (unpaired) electrons. The van der Waals surface area contributed by atoms with Gasteiger partial charge in [-0.3, -0.25) is 4.79 Å². The van der Waals surface area contributed by atoms with E-state index in [1.165, 1.54) is 21.5 Å². The van der Waals surface area contributed by atoms with Gasteiger partial charge in [-0.1, -0.05) is 62.4 Å². The number of hydrogen-bond donors (Lipinski definition) is 0. The molecule has 0 spiro atoms.